The second-order valence-corrected chi connectivity index (χ2v) is 42.9. The lowest BCUT2D eigenvalue weighted by Gasteiger charge is -2.53. The van der Waals surface area contributed by atoms with Gasteiger partial charge in [-0.1, -0.05) is 319 Å². The van der Waals surface area contributed by atoms with Gasteiger partial charge in [-0.25, -0.2) is 0 Å². The quantitative estimate of drug-likeness (QED) is 0.0287. The molecule has 0 amide bonds. The molecule has 0 N–H and O–H groups in total. The summed E-state index contributed by atoms with van der Waals surface area (Å²) in [6.07, 6.45) is 78.5. The zero-order valence-corrected chi connectivity index (χ0v) is 82.7. The van der Waals surface area contributed by atoms with Crippen LogP contribution in [-0.2, 0) is 50.8 Å². The number of hydrogen-bond acceptors (Lipinski definition) is 5. The number of benzene rings is 5. The van der Waals surface area contributed by atoms with Gasteiger partial charge in [-0.05, 0) is 340 Å². The Bertz CT molecular complexity index is 3000. The van der Waals surface area contributed by atoms with E-state index in [4.69, 9.17) is 86.8 Å². The second kappa shape index (κ2) is 55.4. The number of rotatable bonds is 45. The van der Waals surface area contributed by atoms with E-state index < -0.39 is 0 Å². The molecule has 0 spiro atoms. The van der Waals surface area contributed by atoms with Gasteiger partial charge in [-0.3, -0.25) is 23.5 Å². The van der Waals surface area contributed by atoms with Crippen molar-refractivity contribution in [2.75, 3.05) is 33.0 Å². The van der Waals surface area contributed by atoms with Crippen LogP contribution < -0.4 is 0 Å². The summed E-state index contributed by atoms with van der Waals surface area (Å²) in [6, 6.07) is 43.8. The number of unbranched alkanes of at least 4 members (excludes halogenated alkanes) is 25. The van der Waals surface area contributed by atoms with Crippen LogP contribution in [-0.4, -0.2) is 61.0 Å². The van der Waals surface area contributed by atoms with Crippen LogP contribution in [0.3, 0.4) is 0 Å². The number of halogens is 5. The lowest BCUT2D eigenvalue weighted by molar-refractivity contribution is -0.119. The Labute approximate surface area is 786 Å². The van der Waals surface area contributed by atoms with Crippen molar-refractivity contribution in [3.63, 3.8) is 0 Å². The molecule has 15 fully saturated rings. The second-order valence-electron chi connectivity index (χ2n) is 40.5. The summed E-state index contributed by atoms with van der Waals surface area (Å²) in [5, 5.41) is 0. The Morgan fingerprint density at radius 2 is 0.280 bits per heavy atom. The first-order chi connectivity index (χ1) is 58.4. The molecule has 5 aromatic carbocycles. The van der Waals surface area contributed by atoms with Crippen LogP contribution in [0.15, 0.2) is 146 Å². The Balaban J connectivity index is 0.000000239. The summed E-state index contributed by atoms with van der Waals surface area (Å²) < 4.78 is 32.2. The number of fused-ring (bicyclic) bond motifs is 15. The molecular weight excluding hydrogens is 1660 g/mol. The van der Waals surface area contributed by atoms with Gasteiger partial charge in [-0.15, -0.1) is 0 Å². The van der Waals surface area contributed by atoms with Gasteiger partial charge in [0.1, 0.15) is 0 Å². The fourth-order valence-electron chi connectivity index (χ4n) is 23.9. The summed E-state index contributed by atoms with van der Waals surface area (Å²) in [6.45, 7) is 16.3. The van der Waals surface area contributed by atoms with Gasteiger partial charge in [0.25, 0.3) is 0 Å². The van der Waals surface area contributed by atoms with Gasteiger partial charge in [-0.2, -0.15) is 0 Å². The summed E-state index contributed by atoms with van der Waals surface area (Å²) in [5.41, 5.74) is 10.7. The first kappa shape index (κ1) is 110. The third kappa shape index (κ3) is 31.7. The van der Waals surface area contributed by atoms with Gasteiger partial charge < -0.3 is 23.7 Å². The molecular formula is C110H170F5O5S5. The minimum atomic E-state index is 0. The smallest absolute Gasteiger partial charge is 0.0683 e. The Hall–Kier alpha value is -3.35. The molecule has 0 aromatic heterocycles. The van der Waals surface area contributed by atoms with Gasteiger partial charge in [0.15, 0.2) is 0 Å². The molecule has 15 aliphatic carbocycles. The average molecular weight is 1830 g/mol. The van der Waals surface area contributed by atoms with Crippen LogP contribution in [0.25, 0.3) is 0 Å². The Kier molecular flexibility index (Phi) is 48.9. The van der Waals surface area contributed by atoms with Gasteiger partial charge in [0.2, 0.25) is 0 Å². The van der Waals surface area contributed by atoms with Gasteiger partial charge in [0.05, 0.1) is 28.0 Å². The molecule has 0 saturated heterocycles. The van der Waals surface area contributed by atoms with Crippen molar-refractivity contribution in [3.05, 3.63) is 149 Å². The predicted octanol–water partition coefficient (Wildman–Crippen LogP) is 35.6. The molecule has 5 radical (unpaired) electrons. The molecule has 0 atom stereocenters. The van der Waals surface area contributed by atoms with E-state index in [0.717, 1.165) is 57.5 Å². The van der Waals surface area contributed by atoms with E-state index in [1.165, 1.54) is 413 Å². The van der Waals surface area contributed by atoms with E-state index in [-0.39, 0.29) is 51.5 Å². The fourth-order valence-corrected chi connectivity index (χ4v) is 24.6. The van der Waals surface area contributed by atoms with Gasteiger partial charge >= 0.3 is 0 Å². The van der Waals surface area contributed by atoms with E-state index in [1.807, 2.05) is 0 Å². The summed E-state index contributed by atoms with van der Waals surface area (Å²) in [4.78, 5) is 4.78. The van der Waals surface area contributed by atoms with E-state index in [9.17, 15) is 0 Å². The average Bonchev–Trinajstić information content (AvgIpc) is 0.774. The van der Waals surface area contributed by atoms with E-state index in [1.54, 1.807) is 0 Å². The van der Waals surface area contributed by atoms with Crippen molar-refractivity contribution >= 4 is 63.1 Å². The normalized spacial score (nSPS) is 27.9. The number of hydrogen-bond donors (Lipinski definition) is 0. The van der Waals surface area contributed by atoms with Crippen LogP contribution in [0.1, 0.15) is 448 Å². The maximum Gasteiger partial charge on any atom is 0.0683 e. The molecule has 5 aromatic rings. The molecule has 10 bridgehead atoms. The lowest BCUT2D eigenvalue weighted by atomic mass is 9.56. The van der Waals surface area contributed by atoms with Crippen LogP contribution >= 0.6 is 63.1 Å². The SMILES string of the molecule is CCCCCCCCOC12CCC(c3ccc([S])cc3)(CC1)CC2.CCCCCCCCOC12CCC(c3ccc([S])cc3)(CC1)CC2.CCCCCCCCOC12CCC(c3ccc([S])cc3)(CC1)CC2.CCCCCCCCOC12CCC(c3ccc([S])cc3)(CC1)CC2.CCCCCCCCOC12CCC(c3ccc([S])cc3)(CC1)CC2.F.F.F.F.F. The maximum atomic E-state index is 6.45. The van der Waals surface area contributed by atoms with Crippen LogP contribution in [0.4, 0.5) is 23.5 Å². The van der Waals surface area contributed by atoms with Crippen molar-refractivity contribution in [1.29, 1.82) is 0 Å². The molecule has 15 saturated carbocycles. The largest absolute Gasteiger partial charge is 0.375 e. The van der Waals surface area contributed by atoms with Crippen molar-refractivity contribution in [2.24, 2.45) is 0 Å². The molecule has 0 heterocycles. The van der Waals surface area contributed by atoms with Crippen molar-refractivity contribution in [2.45, 2.75) is 499 Å². The highest BCUT2D eigenvalue weighted by molar-refractivity contribution is 7.81. The molecule has 0 unspecified atom stereocenters. The van der Waals surface area contributed by atoms with Crippen LogP contribution in [0, 0.1) is 0 Å². The zero-order chi connectivity index (χ0) is 84.4. The van der Waals surface area contributed by atoms with Crippen LogP contribution in [0.2, 0.25) is 0 Å². The Morgan fingerprint density at radius 3 is 0.400 bits per heavy atom. The van der Waals surface area contributed by atoms with Crippen LogP contribution in [0.5, 0.6) is 0 Å². The lowest BCUT2D eigenvalue weighted by Crippen LogP contribution is -2.49. The predicted molar refractivity (Wildman–Crippen MR) is 531 cm³/mol. The minimum absolute atomic E-state index is 0. The van der Waals surface area contributed by atoms with Gasteiger partial charge in [0, 0.05) is 57.5 Å². The minimum Gasteiger partial charge on any atom is -0.375 e. The number of ether oxygens (including phenoxy) is 5. The van der Waals surface area contributed by atoms with E-state index in [0.29, 0.717) is 27.1 Å². The third-order valence-corrected chi connectivity index (χ3v) is 34.1. The van der Waals surface area contributed by atoms with Crippen molar-refractivity contribution < 1.29 is 47.2 Å². The van der Waals surface area contributed by atoms with E-state index in [2.05, 4.69) is 156 Å². The molecule has 705 valence electrons. The van der Waals surface area contributed by atoms with E-state index >= 15 is 0 Å². The van der Waals surface area contributed by atoms with Crippen molar-refractivity contribution in [3.8, 4) is 0 Å². The third-order valence-electron chi connectivity index (χ3n) is 32.8. The first-order valence-electron chi connectivity index (χ1n) is 50.5. The molecule has 15 aliphatic rings. The standard InChI is InChI=1S/5C22H33OS.5FH/c5*1-2-3-4-5-6-7-18-23-22-15-12-21(13-16-22,14-17-22)19-8-10-20(24)11-9-19;;;;;/h5*8-11H,2-7,12-18H2,1H3;5*1H. The molecule has 15 heteroatoms. The molecule has 20 rings (SSSR count). The summed E-state index contributed by atoms with van der Waals surface area (Å²) >= 11 is 26.2. The highest BCUT2D eigenvalue weighted by atomic mass is 32.1. The Morgan fingerprint density at radius 1 is 0.168 bits per heavy atom. The maximum absolute atomic E-state index is 6.45. The highest BCUT2D eigenvalue weighted by Gasteiger charge is 2.55. The first-order valence-corrected chi connectivity index (χ1v) is 52.5. The molecule has 0 aliphatic heterocycles. The molecule has 125 heavy (non-hydrogen) atoms. The fraction of sp³-hybridized carbons (Fsp3) is 0.727. The zero-order valence-electron chi connectivity index (χ0n) is 78.6. The topological polar surface area (TPSA) is 46.2 Å². The highest BCUT2D eigenvalue weighted by Crippen LogP contribution is 2.60. The van der Waals surface area contributed by atoms with Crippen molar-refractivity contribution in [1.82, 2.24) is 0 Å². The molecule has 5 nitrogen and oxygen atoms in total. The summed E-state index contributed by atoms with van der Waals surface area (Å²) in [7, 11) is 0. The monoisotopic (exact) mass is 1830 g/mol. The summed E-state index contributed by atoms with van der Waals surface area (Å²) in [5.74, 6) is 0.